The molecule has 7 nitrogen and oxygen atoms in total. The molecule has 0 unspecified atom stereocenters. The number of rotatable bonds is 3. The van der Waals surface area contributed by atoms with Gasteiger partial charge in [-0.3, -0.25) is 4.90 Å². The number of phenolic OH excluding ortho intramolecular Hbond substituents is 2. The standard InChI is InChI=1S/C15H17N3O4S/c1-23(21,22)15-16-7-11-9-18(5-4-13(11)17-15)8-10-2-3-12(19)6-14(10)20/h2-3,6-7,19-20H,4-5,8-9H2,1H3. The molecule has 0 saturated carbocycles. The van der Waals surface area contributed by atoms with E-state index in [0.717, 1.165) is 23.1 Å². The number of hydrogen-bond acceptors (Lipinski definition) is 7. The molecule has 0 spiro atoms. The average Bonchev–Trinajstić information content (AvgIpc) is 2.48. The SMILES string of the molecule is CS(=O)(=O)c1ncc2c(n1)CCN(Cc1ccc(O)cc1O)C2. The molecular weight excluding hydrogens is 318 g/mol. The van der Waals surface area contributed by atoms with Crippen LogP contribution < -0.4 is 0 Å². The lowest BCUT2D eigenvalue weighted by molar-refractivity contribution is 0.239. The fourth-order valence-corrected chi connectivity index (χ4v) is 3.12. The molecule has 2 heterocycles. The number of hydrogen-bond donors (Lipinski definition) is 2. The van der Waals surface area contributed by atoms with Crippen LogP contribution in [0, 0.1) is 0 Å². The summed E-state index contributed by atoms with van der Waals surface area (Å²) in [6, 6.07) is 4.53. The molecule has 0 fully saturated rings. The lowest BCUT2D eigenvalue weighted by Crippen LogP contribution is -2.31. The fourth-order valence-electron chi connectivity index (χ4n) is 2.60. The van der Waals surface area contributed by atoms with Crippen molar-refractivity contribution in [2.75, 3.05) is 12.8 Å². The number of nitrogens with zero attached hydrogens (tertiary/aromatic N) is 3. The molecule has 23 heavy (non-hydrogen) atoms. The summed E-state index contributed by atoms with van der Waals surface area (Å²) >= 11 is 0. The van der Waals surface area contributed by atoms with E-state index in [0.29, 0.717) is 26.1 Å². The van der Waals surface area contributed by atoms with Gasteiger partial charge in [-0.25, -0.2) is 18.4 Å². The van der Waals surface area contributed by atoms with E-state index in [1.165, 1.54) is 12.1 Å². The summed E-state index contributed by atoms with van der Waals surface area (Å²) in [7, 11) is -3.40. The Hall–Kier alpha value is -2.19. The van der Waals surface area contributed by atoms with Gasteiger partial charge in [0.05, 0.1) is 5.69 Å². The molecule has 8 heteroatoms. The molecule has 0 bridgehead atoms. The first-order chi connectivity index (χ1) is 10.8. The highest BCUT2D eigenvalue weighted by atomic mass is 32.2. The predicted octanol–water partition coefficient (Wildman–Crippen LogP) is 0.850. The molecule has 1 aromatic heterocycles. The Kier molecular flexibility index (Phi) is 3.95. The van der Waals surface area contributed by atoms with Crippen LogP contribution in [0.3, 0.4) is 0 Å². The third kappa shape index (κ3) is 3.43. The van der Waals surface area contributed by atoms with E-state index < -0.39 is 9.84 Å². The first kappa shape index (κ1) is 15.7. The number of aromatic hydroxyl groups is 2. The molecule has 2 aromatic rings. The highest BCUT2D eigenvalue weighted by Gasteiger charge is 2.21. The second-order valence-corrected chi connectivity index (χ2v) is 7.58. The lowest BCUT2D eigenvalue weighted by atomic mass is 10.1. The summed E-state index contributed by atoms with van der Waals surface area (Å²) in [5.41, 5.74) is 2.37. The van der Waals surface area contributed by atoms with Crippen molar-refractivity contribution in [2.45, 2.75) is 24.7 Å². The van der Waals surface area contributed by atoms with Crippen molar-refractivity contribution in [3.8, 4) is 11.5 Å². The van der Waals surface area contributed by atoms with Crippen LogP contribution in [0.4, 0.5) is 0 Å². The number of fused-ring (bicyclic) bond motifs is 1. The molecule has 1 aliphatic rings. The summed E-state index contributed by atoms with van der Waals surface area (Å²) < 4.78 is 23.0. The maximum absolute atomic E-state index is 11.5. The molecule has 0 radical (unpaired) electrons. The van der Waals surface area contributed by atoms with Gasteiger partial charge in [-0.15, -0.1) is 0 Å². The van der Waals surface area contributed by atoms with E-state index in [1.54, 1.807) is 12.3 Å². The van der Waals surface area contributed by atoms with E-state index in [1.807, 2.05) is 0 Å². The third-order valence-electron chi connectivity index (χ3n) is 3.79. The van der Waals surface area contributed by atoms with E-state index in [-0.39, 0.29) is 16.7 Å². The first-order valence-electron chi connectivity index (χ1n) is 7.11. The normalized spacial score (nSPS) is 15.3. The summed E-state index contributed by atoms with van der Waals surface area (Å²) in [4.78, 5) is 10.2. The van der Waals surface area contributed by atoms with Gasteiger partial charge in [-0.05, 0) is 6.07 Å². The fraction of sp³-hybridized carbons (Fsp3) is 0.333. The van der Waals surface area contributed by atoms with Crippen LogP contribution in [-0.2, 0) is 29.3 Å². The highest BCUT2D eigenvalue weighted by Crippen LogP contribution is 2.26. The predicted molar refractivity (Wildman–Crippen MR) is 82.7 cm³/mol. The molecule has 0 atom stereocenters. The van der Waals surface area contributed by atoms with Crippen LogP contribution in [0.2, 0.25) is 0 Å². The topological polar surface area (TPSA) is 104 Å². The molecule has 3 rings (SSSR count). The molecular formula is C15H17N3O4S. The molecule has 1 aliphatic heterocycles. The summed E-state index contributed by atoms with van der Waals surface area (Å²) in [5.74, 6) is 0.0800. The van der Waals surface area contributed by atoms with Crippen molar-refractivity contribution in [2.24, 2.45) is 0 Å². The van der Waals surface area contributed by atoms with Crippen molar-refractivity contribution in [3.05, 3.63) is 41.2 Å². The molecule has 122 valence electrons. The van der Waals surface area contributed by atoms with Crippen LogP contribution >= 0.6 is 0 Å². The van der Waals surface area contributed by atoms with Crippen LogP contribution in [0.25, 0.3) is 0 Å². The minimum atomic E-state index is -3.40. The Morgan fingerprint density at radius 1 is 1.30 bits per heavy atom. The second kappa shape index (κ2) is 5.78. The zero-order chi connectivity index (χ0) is 16.6. The summed E-state index contributed by atoms with van der Waals surface area (Å²) in [6.07, 6.45) is 3.28. The van der Waals surface area contributed by atoms with Gasteiger partial charge in [-0.1, -0.05) is 6.07 Å². The van der Waals surface area contributed by atoms with E-state index >= 15 is 0 Å². The Balaban J connectivity index is 1.78. The van der Waals surface area contributed by atoms with Gasteiger partial charge in [0.25, 0.3) is 0 Å². The zero-order valence-corrected chi connectivity index (χ0v) is 13.4. The van der Waals surface area contributed by atoms with E-state index in [2.05, 4.69) is 14.9 Å². The van der Waals surface area contributed by atoms with Gasteiger partial charge in [0.15, 0.2) is 0 Å². The van der Waals surface area contributed by atoms with Crippen LogP contribution in [0.5, 0.6) is 11.5 Å². The maximum atomic E-state index is 11.5. The largest absolute Gasteiger partial charge is 0.508 e. The Labute approximate surface area is 134 Å². The number of sulfone groups is 1. The van der Waals surface area contributed by atoms with Crippen molar-refractivity contribution in [1.82, 2.24) is 14.9 Å². The van der Waals surface area contributed by atoms with Gasteiger partial charge in [0.1, 0.15) is 11.5 Å². The molecule has 2 N–H and O–H groups in total. The van der Waals surface area contributed by atoms with Gasteiger partial charge in [0, 0.05) is 55.7 Å². The third-order valence-corrected chi connectivity index (χ3v) is 4.65. The summed E-state index contributed by atoms with van der Waals surface area (Å²) in [6.45, 7) is 1.81. The van der Waals surface area contributed by atoms with Crippen molar-refractivity contribution < 1.29 is 18.6 Å². The Morgan fingerprint density at radius 2 is 2.09 bits per heavy atom. The minimum Gasteiger partial charge on any atom is -0.508 e. The van der Waals surface area contributed by atoms with Gasteiger partial charge >= 0.3 is 0 Å². The Bertz CT molecular complexity index is 852. The smallest absolute Gasteiger partial charge is 0.246 e. The Morgan fingerprint density at radius 3 is 2.78 bits per heavy atom. The number of aromatic nitrogens is 2. The lowest BCUT2D eigenvalue weighted by Gasteiger charge is -2.28. The average molecular weight is 335 g/mol. The van der Waals surface area contributed by atoms with Gasteiger partial charge in [-0.2, -0.15) is 0 Å². The molecule has 1 aromatic carbocycles. The molecule has 0 aliphatic carbocycles. The van der Waals surface area contributed by atoms with Crippen LogP contribution in [0.1, 0.15) is 16.8 Å². The molecule has 0 amide bonds. The molecule has 0 saturated heterocycles. The van der Waals surface area contributed by atoms with E-state index in [4.69, 9.17) is 0 Å². The number of benzene rings is 1. The zero-order valence-electron chi connectivity index (χ0n) is 12.6. The van der Waals surface area contributed by atoms with Crippen molar-refractivity contribution in [1.29, 1.82) is 0 Å². The second-order valence-electron chi connectivity index (χ2n) is 5.67. The van der Waals surface area contributed by atoms with E-state index in [9.17, 15) is 18.6 Å². The summed E-state index contributed by atoms with van der Waals surface area (Å²) in [5, 5.41) is 19.1. The van der Waals surface area contributed by atoms with Crippen LogP contribution in [0.15, 0.2) is 29.6 Å². The van der Waals surface area contributed by atoms with Crippen LogP contribution in [-0.4, -0.2) is 46.3 Å². The van der Waals surface area contributed by atoms with Gasteiger partial charge < -0.3 is 10.2 Å². The van der Waals surface area contributed by atoms with Crippen molar-refractivity contribution >= 4 is 9.84 Å². The quantitative estimate of drug-likeness (QED) is 0.801. The monoisotopic (exact) mass is 335 g/mol. The maximum Gasteiger partial charge on any atom is 0.246 e. The minimum absolute atomic E-state index is 0.0249. The number of phenols is 2. The van der Waals surface area contributed by atoms with Gasteiger partial charge in [0.2, 0.25) is 15.0 Å². The van der Waals surface area contributed by atoms with Crippen molar-refractivity contribution in [3.63, 3.8) is 0 Å². The highest BCUT2D eigenvalue weighted by molar-refractivity contribution is 7.90. The first-order valence-corrected chi connectivity index (χ1v) is 9.00.